The number of ether oxygens (including phenoxy) is 2. The van der Waals surface area contributed by atoms with Gasteiger partial charge >= 0.3 is 12.3 Å². The van der Waals surface area contributed by atoms with E-state index < -0.39 is 34.8 Å². The zero-order valence-corrected chi connectivity index (χ0v) is 20.5. The molecule has 0 radical (unpaired) electrons. The Bertz CT molecular complexity index is 1090. The number of piperidine rings is 1. The number of hydrogen-bond donors (Lipinski definition) is 0. The summed E-state index contributed by atoms with van der Waals surface area (Å²) in [5.41, 5.74) is 2.28. The van der Waals surface area contributed by atoms with Crippen LogP contribution in [-0.4, -0.2) is 62.9 Å². The number of amides is 1. The van der Waals surface area contributed by atoms with Gasteiger partial charge in [0, 0.05) is 58.5 Å². The van der Waals surface area contributed by atoms with Crippen LogP contribution in [0.4, 0.5) is 18.0 Å². The number of halogens is 3. The van der Waals surface area contributed by atoms with Crippen molar-refractivity contribution in [3.63, 3.8) is 0 Å². The molecule has 7 nitrogen and oxygen atoms in total. The van der Waals surface area contributed by atoms with Crippen LogP contribution >= 0.6 is 0 Å². The Labute approximate surface area is 204 Å². The van der Waals surface area contributed by atoms with Crippen LogP contribution in [0.25, 0.3) is 11.3 Å². The molecule has 1 unspecified atom stereocenters. The van der Waals surface area contributed by atoms with Crippen molar-refractivity contribution in [1.29, 1.82) is 0 Å². The van der Waals surface area contributed by atoms with E-state index in [2.05, 4.69) is 9.72 Å². The molecule has 1 saturated heterocycles. The fourth-order valence-corrected chi connectivity index (χ4v) is 5.07. The molecule has 1 aromatic carbocycles. The van der Waals surface area contributed by atoms with Gasteiger partial charge in [-0.25, -0.2) is 4.79 Å². The van der Waals surface area contributed by atoms with Gasteiger partial charge in [-0.1, -0.05) is 12.1 Å². The van der Waals surface area contributed by atoms with E-state index in [0.29, 0.717) is 32.4 Å². The van der Waals surface area contributed by atoms with Gasteiger partial charge in [-0.15, -0.1) is 0 Å². The summed E-state index contributed by atoms with van der Waals surface area (Å²) in [5, 5.41) is 0. The molecule has 1 aromatic heterocycles. The van der Waals surface area contributed by atoms with Gasteiger partial charge in [0.1, 0.15) is 11.4 Å². The van der Waals surface area contributed by atoms with Crippen LogP contribution in [0.15, 0.2) is 41.4 Å². The second-order valence-corrected chi connectivity index (χ2v) is 10.5. The van der Waals surface area contributed by atoms with Crippen molar-refractivity contribution in [1.82, 2.24) is 9.88 Å². The topological polar surface area (TPSA) is 100 Å². The van der Waals surface area contributed by atoms with Crippen LogP contribution in [0.3, 0.4) is 0 Å². The van der Waals surface area contributed by atoms with Crippen LogP contribution in [0, 0.1) is 5.92 Å². The molecule has 35 heavy (non-hydrogen) atoms. The molecule has 1 amide bonds. The number of benzene rings is 1. The SMILES string of the molecule is C[C@@H](OC(=O)N1CCC([C@@]2(C)Cc3cc(-c4ccc(S(C)=O)cc4)ncc3O2)CC1)C(F)(F)F.O. The molecule has 1 fully saturated rings. The lowest BCUT2D eigenvalue weighted by atomic mass is 9.79. The van der Waals surface area contributed by atoms with Crippen LogP contribution in [0.1, 0.15) is 32.3 Å². The van der Waals surface area contributed by atoms with Crippen LogP contribution in [-0.2, 0) is 22.0 Å². The Kier molecular flexibility index (Phi) is 7.80. The van der Waals surface area contributed by atoms with Gasteiger partial charge in [0.05, 0.1) is 11.9 Å². The summed E-state index contributed by atoms with van der Waals surface area (Å²) in [6.07, 6.45) is -2.40. The summed E-state index contributed by atoms with van der Waals surface area (Å²) in [6, 6.07) is 9.46. The molecule has 2 N–H and O–H groups in total. The largest absolute Gasteiger partial charge is 0.485 e. The number of rotatable bonds is 4. The third kappa shape index (κ3) is 5.78. The highest BCUT2D eigenvalue weighted by atomic mass is 32.2. The average molecular weight is 515 g/mol. The van der Waals surface area contributed by atoms with Crippen molar-refractivity contribution in [3.8, 4) is 17.0 Å². The zero-order valence-electron chi connectivity index (χ0n) is 19.7. The minimum atomic E-state index is -4.57. The predicted octanol–water partition coefficient (Wildman–Crippen LogP) is 4.15. The standard InChI is InChI=1S/C24H27F3N2O4S.H2O/c1-15(24(25,26)27)32-22(30)29-10-8-18(9-11-29)23(2)13-17-12-20(28-14-21(17)33-23)16-4-6-19(7-5-16)34(3)31;/h4-7,12,14-15,18H,8-11,13H2,1-3H3;1H2/t15-,23-,34?;/m1./s1. The number of nitrogens with zero attached hydrogens (tertiary/aromatic N) is 2. The lowest BCUT2D eigenvalue weighted by Gasteiger charge is -2.39. The van der Waals surface area contributed by atoms with Gasteiger partial charge in [-0.2, -0.15) is 13.2 Å². The maximum absolute atomic E-state index is 12.7. The lowest BCUT2D eigenvalue weighted by Crippen LogP contribution is -2.48. The number of alkyl halides is 3. The number of carbonyl (C=O) groups is 1. The maximum atomic E-state index is 12.7. The first kappa shape index (κ1) is 26.9. The molecule has 0 aliphatic carbocycles. The third-order valence-corrected chi connectivity index (χ3v) is 7.61. The number of fused-ring (bicyclic) bond motifs is 1. The van der Waals surface area contributed by atoms with Gasteiger partial charge in [0.15, 0.2) is 6.10 Å². The predicted molar refractivity (Wildman–Crippen MR) is 125 cm³/mol. The van der Waals surface area contributed by atoms with Crippen molar-refractivity contribution in [2.45, 2.75) is 55.9 Å². The van der Waals surface area contributed by atoms with Crippen molar-refractivity contribution >= 4 is 16.9 Å². The van der Waals surface area contributed by atoms with Gasteiger partial charge in [0.2, 0.25) is 0 Å². The molecule has 0 bridgehead atoms. The van der Waals surface area contributed by atoms with E-state index in [1.54, 1.807) is 12.5 Å². The van der Waals surface area contributed by atoms with Crippen LogP contribution in [0.2, 0.25) is 0 Å². The number of hydrogen-bond acceptors (Lipinski definition) is 5. The molecule has 2 aliphatic rings. The summed E-state index contributed by atoms with van der Waals surface area (Å²) in [5.74, 6) is 0.852. The van der Waals surface area contributed by atoms with Gasteiger partial charge < -0.3 is 19.8 Å². The highest BCUT2D eigenvalue weighted by molar-refractivity contribution is 7.84. The molecular weight excluding hydrogens is 485 g/mol. The van der Waals surface area contributed by atoms with Crippen molar-refractivity contribution < 1.29 is 37.1 Å². The van der Waals surface area contributed by atoms with E-state index in [0.717, 1.165) is 34.4 Å². The molecule has 3 atom stereocenters. The molecule has 0 saturated carbocycles. The number of pyridine rings is 1. The van der Waals surface area contributed by atoms with Gasteiger partial charge in [0.25, 0.3) is 0 Å². The summed E-state index contributed by atoms with van der Waals surface area (Å²) in [7, 11) is -1.04. The summed E-state index contributed by atoms with van der Waals surface area (Å²) >= 11 is 0. The minimum absolute atomic E-state index is 0. The quantitative estimate of drug-likeness (QED) is 0.610. The van der Waals surface area contributed by atoms with E-state index in [4.69, 9.17) is 4.74 Å². The highest BCUT2D eigenvalue weighted by Crippen LogP contribution is 2.43. The molecule has 192 valence electrons. The maximum Gasteiger partial charge on any atom is 0.425 e. The van der Waals surface area contributed by atoms with Crippen molar-refractivity contribution in [2.24, 2.45) is 5.92 Å². The lowest BCUT2D eigenvalue weighted by molar-refractivity contribution is -0.200. The molecule has 4 rings (SSSR count). The Hall–Kier alpha value is -2.66. The first-order valence-corrected chi connectivity index (χ1v) is 12.7. The average Bonchev–Trinajstić information content (AvgIpc) is 3.15. The van der Waals surface area contributed by atoms with E-state index >= 15 is 0 Å². The number of carbonyl (C=O) groups excluding carboxylic acids is 1. The number of aromatic nitrogens is 1. The Morgan fingerprint density at radius 2 is 1.89 bits per heavy atom. The normalized spacial score (nSPS) is 21.9. The van der Waals surface area contributed by atoms with Crippen molar-refractivity contribution in [2.75, 3.05) is 19.3 Å². The second-order valence-electron chi connectivity index (χ2n) is 9.08. The molecule has 3 heterocycles. The van der Waals surface area contributed by atoms with Gasteiger partial charge in [-0.05, 0) is 44.9 Å². The van der Waals surface area contributed by atoms with Crippen molar-refractivity contribution in [3.05, 3.63) is 42.1 Å². The van der Waals surface area contributed by atoms with E-state index in [-0.39, 0.29) is 11.4 Å². The fraction of sp³-hybridized carbons (Fsp3) is 0.500. The summed E-state index contributed by atoms with van der Waals surface area (Å²) in [4.78, 5) is 18.7. The van der Waals surface area contributed by atoms with Crippen LogP contribution in [0.5, 0.6) is 5.75 Å². The Balaban J connectivity index is 0.00000342. The smallest absolute Gasteiger partial charge is 0.425 e. The molecule has 11 heteroatoms. The Morgan fingerprint density at radius 3 is 2.46 bits per heavy atom. The number of likely N-dealkylation sites (tertiary alicyclic amines) is 1. The summed E-state index contributed by atoms with van der Waals surface area (Å²) < 4.78 is 60.5. The molecule has 2 aromatic rings. The molecule has 2 aliphatic heterocycles. The molecule has 0 spiro atoms. The molecular formula is C24H29F3N2O5S. The first-order valence-electron chi connectivity index (χ1n) is 11.1. The summed E-state index contributed by atoms with van der Waals surface area (Å²) in [6.45, 7) is 3.50. The van der Waals surface area contributed by atoms with Crippen LogP contribution < -0.4 is 4.74 Å². The van der Waals surface area contributed by atoms with Gasteiger partial charge in [-0.3, -0.25) is 9.19 Å². The van der Waals surface area contributed by atoms with E-state index in [1.807, 2.05) is 37.3 Å². The van der Waals surface area contributed by atoms with E-state index in [1.165, 1.54) is 4.90 Å². The monoisotopic (exact) mass is 514 g/mol. The highest BCUT2D eigenvalue weighted by Gasteiger charge is 2.45. The zero-order chi connectivity index (χ0) is 24.7. The second kappa shape index (κ2) is 10.1. The first-order chi connectivity index (χ1) is 16.0. The minimum Gasteiger partial charge on any atom is -0.485 e. The third-order valence-electron chi connectivity index (χ3n) is 6.67. The fourth-order valence-electron chi connectivity index (χ4n) is 4.55. The van der Waals surface area contributed by atoms with E-state index in [9.17, 15) is 22.2 Å². The Morgan fingerprint density at radius 1 is 1.26 bits per heavy atom.